The van der Waals surface area contributed by atoms with Crippen molar-refractivity contribution in [3.05, 3.63) is 23.5 Å². The lowest BCUT2D eigenvalue weighted by Crippen LogP contribution is -2.36. The molecular weight excluding hydrogens is 242 g/mol. The van der Waals surface area contributed by atoms with Crippen LogP contribution in [0.15, 0.2) is 18.5 Å². The van der Waals surface area contributed by atoms with E-state index in [1.165, 1.54) is 24.6 Å². The lowest BCUT2D eigenvalue weighted by atomic mass is 10.4. The summed E-state index contributed by atoms with van der Waals surface area (Å²) < 4.78 is 0. The number of aromatic nitrogens is 1. The van der Waals surface area contributed by atoms with Gasteiger partial charge >= 0.3 is 0 Å². The van der Waals surface area contributed by atoms with Gasteiger partial charge in [-0.1, -0.05) is 11.6 Å². The van der Waals surface area contributed by atoms with E-state index < -0.39 is 0 Å². The van der Waals surface area contributed by atoms with Gasteiger partial charge in [-0.05, 0) is 6.07 Å². The van der Waals surface area contributed by atoms with Gasteiger partial charge in [0.25, 0.3) is 0 Å². The number of pyridine rings is 1. The van der Waals surface area contributed by atoms with Crippen molar-refractivity contribution in [2.45, 2.75) is 0 Å². The second-order valence-electron chi connectivity index (χ2n) is 3.74. The van der Waals surface area contributed by atoms with Crippen LogP contribution in [0.1, 0.15) is 0 Å². The lowest BCUT2D eigenvalue weighted by Gasteiger charge is -2.26. The van der Waals surface area contributed by atoms with Crippen LogP contribution < -0.4 is 5.32 Å². The molecule has 0 saturated carbocycles. The predicted molar refractivity (Wildman–Crippen MR) is 71.5 cm³/mol. The Hall–Kier alpha value is -0.450. The van der Waals surface area contributed by atoms with E-state index in [9.17, 15) is 0 Å². The Bertz CT molecular complexity index is 329. The van der Waals surface area contributed by atoms with Gasteiger partial charge in [-0.3, -0.25) is 9.88 Å². The van der Waals surface area contributed by atoms with Gasteiger partial charge in [0.1, 0.15) is 0 Å². The smallest absolute Gasteiger partial charge is 0.0820 e. The van der Waals surface area contributed by atoms with E-state index >= 15 is 0 Å². The van der Waals surface area contributed by atoms with Crippen LogP contribution in [0, 0.1) is 0 Å². The molecule has 2 rings (SSSR count). The molecule has 0 unspecified atom stereocenters. The molecule has 5 heteroatoms. The van der Waals surface area contributed by atoms with Crippen molar-refractivity contribution >= 4 is 29.1 Å². The fraction of sp³-hybridized carbons (Fsp3) is 0.545. The van der Waals surface area contributed by atoms with Crippen molar-refractivity contribution in [1.82, 2.24) is 9.88 Å². The molecule has 1 fully saturated rings. The third-order valence-corrected chi connectivity index (χ3v) is 3.86. The molecule has 1 aliphatic heterocycles. The molecule has 1 aromatic heterocycles. The molecule has 0 bridgehead atoms. The first-order valence-electron chi connectivity index (χ1n) is 5.50. The summed E-state index contributed by atoms with van der Waals surface area (Å²) in [6, 6.07) is 1.91. The monoisotopic (exact) mass is 257 g/mol. The maximum atomic E-state index is 6.00. The first-order chi connectivity index (χ1) is 7.86. The number of halogens is 1. The number of nitrogens with one attached hydrogen (secondary N) is 1. The van der Waals surface area contributed by atoms with Gasteiger partial charge in [0.2, 0.25) is 0 Å². The van der Waals surface area contributed by atoms with Crippen molar-refractivity contribution in [1.29, 1.82) is 0 Å². The van der Waals surface area contributed by atoms with Crippen molar-refractivity contribution in [3.63, 3.8) is 0 Å². The molecule has 1 N–H and O–H groups in total. The van der Waals surface area contributed by atoms with E-state index in [2.05, 4.69) is 15.2 Å². The van der Waals surface area contributed by atoms with Crippen LogP contribution in [-0.4, -0.2) is 47.6 Å². The molecule has 0 radical (unpaired) electrons. The van der Waals surface area contributed by atoms with E-state index in [1.807, 2.05) is 17.8 Å². The fourth-order valence-corrected chi connectivity index (χ4v) is 2.86. The second kappa shape index (κ2) is 6.33. The van der Waals surface area contributed by atoms with Crippen LogP contribution in [0.25, 0.3) is 0 Å². The minimum atomic E-state index is 0.691. The molecule has 3 nitrogen and oxygen atoms in total. The molecule has 1 aromatic rings. The van der Waals surface area contributed by atoms with Gasteiger partial charge in [-0.25, -0.2) is 0 Å². The molecule has 0 atom stereocenters. The third kappa shape index (κ3) is 3.54. The zero-order valence-electron chi connectivity index (χ0n) is 9.16. The minimum absolute atomic E-state index is 0.691. The first-order valence-corrected chi connectivity index (χ1v) is 7.03. The van der Waals surface area contributed by atoms with Crippen molar-refractivity contribution < 1.29 is 0 Å². The molecular formula is C11H16ClN3S. The molecule has 88 valence electrons. The highest BCUT2D eigenvalue weighted by atomic mass is 35.5. The Balaban J connectivity index is 1.73. The summed E-state index contributed by atoms with van der Waals surface area (Å²) >= 11 is 8.04. The average molecular weight is 258 g/mol. The van der Waals surface area contributed by atoms with E-state index in [0.29, 0.717) is 5.02 Å². The Kier molecular flexibility index (Phi) is 4.75. The lowest BCUT2D eigenvalue weighted by molar-refractivity contribution is 0.314. The number of rotatable bonds is 4. The quantitative estimate of drug-likeness (QED) is 0.895. The summed E-state index contributed by atoms with van der Waals surface area (Å²) in [6.45, 7) is 4.43. The van der Waals surface area contributed by atoms with Crippen molar-refractivity contribution in [2.75, 3.05) is 43.0 Å². The zero-order valence-corrected chi connectivity index (χ0v) is 10.7. The molecule has 0 aromatic carbocycles. The molecule has 0 amide bonds. The minimum Gasteiger partial charge on any atom is -0.382 e. The Morgan fingerprint density at radius 2 is 2.25 bits per heavy atom. The van der Waals surface area contributed by atoms with Gasteiger partial charge in [-0.2, -0.15) is 11.8 Å². The number of hydrogen-bond donors (Lipinski definition) is 1. The highest BCUT2D eigenvalue weighted by Gasteiger charge is 2.09. The standard InChI is InChI=1S/C11H16ClN3S/c12-10-9-13-2-1-11(10)14-3-4-15-5-7-16-8-6-15/h1-2,9H,3-8H2,(H,13,14). The largest absolute Gasteiger partial charge is 0.382 e. The topological polar surface area (TPSA) is 28.2 Å². The van der Waals surface area contributed by atoms with Crippen molar-refractivity contribution in [2.24, 2.45) is 0 Å². The molecule has 16 heavy (non-hydrogen) atoms. The number of nitrogens with zero attached hydrogens (tertiary/aromatic N) is 2. The normalized spacial score (nSPS) is 17.3. The summed E-state index contributed by atoms with van der Waals surface area (Å²) in [5.41, 5.74) is 0.975. The average Bonchev–Trinajstić information content (AvgIpc) is 2.33. The summed E-state index contributed by atoms with van der Waals surface area (Å²) in [4.78, 5) is 6.44. The SMILES string of the molecule is Clc1cnccc1NCCN1CCSCC1. The van der Waals surface area contributed by atoms with E-state index in [-0.39, 0.29) is 0 Å². The molecule has 1 aliphatic rings. The first kappa shape index (κ1) is 12.0. The van der Waals surface area contributed by atoms with Gasteiger partial charge < -0.3 is 5.32 Å². The van der Waals surface area contributed by atoms with E-state index in [4.69, 9.17) is 11.6 Å². The fourth-order valence-electron chi connectivity index (χ4n) is 1.69. The highest BCUT2D eigenvalue weighted by molar-refractivity contribution is 7.99. The van der Waals surface area contributed by atoms with Gasteiger partial charge in [-0.15, -0.1) is 0 Å². The summed E-state index contributed by atoms with van der Waals surface area (Å²) in [5, 5.41) is 4.03. The Labute approximate surface area is 106 Å². The van der Waals surface area contributed by atoms with Crippen LogP contribution in [-0.2, 0) is 0 Å². The van der Waals surface area contributed by atoms with Crippen LogP contribution in [0.4, 0.5) is 5.69 Å². The molecule has 1 saturated heterocycles. The number of hydrogen-bond acceptors (Lipinski definition) is 4. The number of thioether (sulfide) groups is 1. The highest BCUT2D eigenvalue weighted by Crippen LogP contribution is 2.18. The van der Waals surface area contributed by atoms with Crippen LogP contribution in [0.3, 0.4) is 0 Å². The summed E-state index contributed by atoms with van der Waals surface area (Å²) in [6.07, 6.45) is 3.42. The zero-order chi connectivity index (χ0) is 11.2. The summed E-state index contributed by atoms with van der Waals surface area (Å²) in [7, 11) is 0. The summed E-state index contributed by atoms with van der Waals surface area (Å²) in [5.74, 6) is 2.52. The van der Waals surface area contributed by atoms with Crippen LogP contribution in [0.2, 0.25) is 5.02 Å². The Morgan fingerprint density at radius 1 is 1.44 bits per heavy atom. The Morgan fingerprint density at radius 3 is 3.00 bits per heavy atom. The van der Waals surface area contributed by atoms with Crippen LogP contribution in [0.5, 0.6) is 0 Å². The van der Waals surface area contributed by atoms with Gasteiger partial charge in [0, 0.05) is 50.1 Å². The predicted octanol–water partition coefficient (Wildman–Crippen LogP) is 2.20. The molecule has 0 aliphatic carbocycles. The second-order valence-corrected chi connectivity index (χ2v) is 5.37. The maximum Gasteiger partial charge on any atom is 0.0820 e. The van der Waals surface area contributed by atoms with Crippen LogP contribution >= 0.6 is 23.4 Å². The van der Waals surface area contributed by atoms with E-state index in [1.54, 1.807) is 12.4 Å². The van der Waals surface area contributed by atoms with Gasteiger partial charge in [0.15, 0.2) is 0 Å². The third-order valence-electron chi connectivity index (χ3n) is 2.62. The number of anilines is 1. The maximum absolute atomic E-state index is 6.00. The van der Waals surface area contributed by atoms with Crippen molar-refractivity contribution in [3.8, 4) is 0 Å². The van der Waals surface area contributed by atoms with Gasteiger partial charge in [0.05, 0.1) is 10.7 Å². The van der Waals surface area contributed by atoms with E-state index in [0.717, 1.165) is 18.8 Å². The molecule has 0 spiro atoms. The molecule has 2 heterocycles.